The van der Waals surface area contributed by atoms with Crippen LogP contribution in [0, 0.1) is 5.41 Å². The summed E-state index contributed by atoms with van der Waals surface area (Å²) in [7, 11) is -10.9. The number of anilines is 2. The van der Waals surface area contributed by atoms with Crippen LogP contribution < -0.4 is 14.9 Å². The molecule has 1 amide bonds. The maximum Gasteiger partial charge on any atom is 0.501 e. The van der Waals surface area contributed by atoms with Crippen molar-refractivity contribution in [3.05, 3.63) is 114 Å². The fourth-order valence-electron chi connectivity index (χ4n) is 10.7. The second-order valence-electron chi connectivity index (χ2n) is 19.5. The average molecular weight is 979 g/mol. The summed E-state index contributed by atoms with van der Waals surface area (Å²) in [5, 5.41) is 3.05. The van der Waals surface area contributed by atoms with Crippen LogP contribution in [0.3, 0.4) is 0 Å². The Morgan fingerprint density at radius 3 is 2.15 bits per heavy atom. The van der Waals surface area contributed by atoms with Gasteiger partial charge in [0.15, 0.2) is 0 Å². The van der Waals surface area contributed by atoms with Crippen molar-refractivity contribution in [1.82, 2.24) is 19.4 Å². The van der Waals surface area contributed by atoms with Crippen LogP contribution in [0.15, 0.2) is 112 Å². The molecule has 9 rings (SSSR count). The number of thioether (sulfide) groups is 1. The minimum Gasteiger partial charge on any atom is -0.380 e. The lowest BCUT2D eigenvalue weighted by Gasteiger charge is -2.62. The number of alkyl halides is 3. The second-order valence-corrected chi connectivity index (χ2v) is 24.2. The third kappa shape index (κ3) is 10.6. The molecular formula is C50H61F3N6O5S3. The van der Waals surface area contributed by atoms with Crippen LogP contribution in [0.5, 0.6) is 0 Å². The van der Waals surface area contributed by atoms with E-state index in [2.05, 4.69) is 63.0 Å². The summed E-state index contributed by atoms with van der Waals surface area (Å²) in [6, 6.07) is 28.6. The van der Waals surface area contributed by atoms with Gasteiger partial charge in [-0.2, -0.15) is 13.2 Å². The highest BCUT2D eigenvalue weighted by Crippen LogP contribution is 2.55. The van der Waals surface area contributed by atoms with Gasteiger partial charge >= 0.3 is 5.51 Å². The molecule has 1 spiro atoms. The van der Waals surface area contributed by atoms with Gasteiger partial charge < -0.3 is 15.1 Å². The molecule has 0 unspecified atom stereocenters. The topological polar surface area (TPSA) is 122 Å². The molecule has 2 saturated carbocycles. The number of carbonyl (C=O) groups is 1. The number of likely N-dealkylation sites (tertiary alicyclic amines) is 1. The Labute approximate surface area is 397 Å². The van der Waals surface area contributed by atoms with Crippen molar-refractivity contribution in [3.8, 4) is 0 Å². The molecule has 0 radical (unpaired) electrons. The normalized spacial score (nSPS) is 21.3. The molecule has 2 atom stereocenters. The molecule has 17 heteroatoms. The van der Waals surface area contributed by atoms with E-state index in [-0.39, 0.29) is 16.7 Å². The van der Waals surface area contributed by atoms with Gasteiger partial charge in [0, 0.05) is 97.3 Å². The number of hydrogen-bond donors (Lipinski definition) is 2. The van der Waals surface area contributed by atoms with Gasteiger partial charge in [0.25, 0.3) is 25.8 Å². The number of sulfone groups is 1. The first-order valence-corrected chi connectivity index (χ1v) is 27.6. The SMILES string of the molecule is CC(C)N1CCN(CC[C@H](CSc2ccccc2)Nc2ccc(S(=O)(=O)NC(=O)c3ccc(N4CC5(CC(N6CCC[C@H]6c6ccccc6C6CC6)C5)C4)cc3)cc2S(=O)(=O)C(F)(F)F)CC1. The van der Waals surface area contributed by atoms with Crippen molar-refractivity contribution >= 4 is 48.9 Å². The van der Waals surface area contributed by atoms with Crippen LogP contribution in [-0.4, -0.2) is 119 Å². The van der Waals surface area contributed by atoms with E-state index >= 15 is 0 Å². The van der Waals surface area contributed by atoms with Crippen molar-refractivity contribution < 1.29 is 34.8 Å². The van der Waals surface area contributed by atoms with Crippen LogP contribution in [0.25, 0.3) is 0 Å². The molecule has 4 aromatic rings. The van der Waals surface area contributed by atoms with Crippen molar-refractivity contribution in [2.75, 3.05) is 68.3 Å². The van der Waals surface area contributed by atoms with Gasteiger partial charge in [-0.25, -0.2) is 21.6 Å². The summed E-state index contributed by atoms with van der Waals surface area (Å²) in [6.07, 6.45) is 7.80. The fourth-order valence-corrected chi connectivity index (χ4v) is 13.7. The van der Waals surface area contributed by atoms with Gasteiger partial charge in [-0.05, 0) is 137 Å². The van der Waals surface area contributed by atoms with Crippen LogP contribution in [0.1, 0.15) is 92.2 Å². The van der Waals surface area contributed by atoms with E-state index in [9.17, 15) is 34.8 Å². The van der Waals surface area contributed by atoms with Crippen LogP contribution >= 0.6 is 11.8 Å². The first kappa shape index (κ1) is 47.9. The van der Waals surface area contributed by atoms with E-state index < -0.39 is 47.1 Å². The number of benzene rings is 4. The van der Waals surface area contributed by atoms with Gasteiger partial charge in [0.05, 0.1) is 10.6 Å². The predicted octanol–water partition coefficient (Wildman–Crippen LogP) is 8.77. The highest BCUT2D eigenvalue weighted by molar-refractivity contribution is 7.99. The Balaban J connectivity index is 0.840. The van der Waals surface area contributed by atoms with E-state index in [0.717, 1.165) is 87.3 Å². The maximum atomic E-state index is 14.3. The van der Waals surface area contributed by atoms with Gasteiger partial charge in [-0.3, -0.25) is 14.6 Å². The van der Waals surface area contributed by atoms with Crippen molar-refractivity contribution in [1.29, 1.82) is 0 Å². The maximum absolute atomic E-state index is 14.3. The van der Waals surface area contributed by atoms with Crippen molar-refractivity contribution in [3.63, 3.8) is 0 Å². The number of amides is 1. The van der Waals surface area contributed by atoms with Gasteiger partial charge in [0.2, 0.25) is 0 Å². The zero-order valence-electron chi connectivity index (χ0n) is 38.1. The number of hydrogen-bond acceptors (Lipinski definition) is 11. The Kier molecular flexibility index (Phi) is 13.8. The third-order valence-corrected chi connectivity index (χ3v) is 18.6. The molecule has 11 nitrogen and oxygen atoms in total. The molecule has 3 aliphatic heterocycles. The number of halogens is 3. The average Bonchev–Trinajstić information content (AvgIpc) is 4.03. The highest BCUT2D eigenvalue weighted by atomic mass is 32.2. The molecule has 360 valence electrons. The largest absolute Gasteiger partial charge is 0.501 e. The molecule has 0 aromatic heterocycles. The number of sulfonamides is 1. The van der Waals surface area contributed by atoms with E-state index in [1.165, 1.54) is 55.1 Å². The number of rotatable bonds is 17. The first-order chi connectivity index (χ1) is 32.0. The predicted molar refractivity (Wildman–Crippen MR) is 258 cm³/mol. The smallest absolute Gasteiger partial charge is 0.380 e. The minimum atomic E-state index is -6.04. The van der Waals surface area contributed by atoms with Gasteiger partial charge in [-0.15, -0.1) is 11.8 Å². The van der Waals surface area contributed by atoms with Gasteiger partial charge in [-0.1, -0.05) is 42.5 Å². The molecule has 0 bridgehead atoms. The Morgan fingerprint density at radius 1 is 0.821 bits per heavy atom. The summed E-state index contributed by atoms with van der Waals surface area (Å²) in [4.78, 5) is 22.0. The quantitative estimate of drug-likeness (QED) is 0.0989. The monoisotopic (exact) mass is 978 g/mol. The Bertz CT molecular complexity index is 2610. The van der Waals surface area contributed by atoms with Crippen LogP contribution in [0.2, 0.25) is 0 Å². The molecule has 3 saturated heterocycles. The Hall–Kier alpha value is -4.13. The third-order valence-electron chi connectivity index (χ3n) is 14.6. The van der Waals surface area contributed by atoms with Crippen LogP contribution in [0.4, 0.5) is 24.5 Å². The molecule has 4 aromatic carbocycles. The molecule has 3 heterocycles. The minimum absolute atomic E-state index is 0.0311. The van der Waals surface area contributed by atoms with E-state index in [4.69, 9.17) is 0 Å². The molecular weight excluding hydrogens is 918 g/mol. The molecule has 2 aliphatic carbocycles. The zero-order chi connectivity index (χ0) is 47.1. The number of nitrogens with zero attached hydrogens (tertiary/aromatic N) is 4. The molecule has 67 heavy (non-hydrogen) atoms. The second kappa shape index (κ2) is 19.3. The Morgan fingerprint density at radius 2 is 1.49 bits per heavy atom. The first-order valence-electron chi connectivity index (χ1n) is 23.6. The van der Waals surface area contributed by atoms with Gasteiger partial charge in [0.1, 0.15) is 4.90 Å². The van der Waals surface area contributed by atoms with E-state index in [0.29, 0.717) is 42.9 Å². The summed E-state index contributed by atoms with van der Waals surface area (Å²) >= 11 is 1.48. The summed E-state index contributed by atoms with van der Waals surface area (Å²) < 4.78 is 98.3. The lowest BCUT2D eigenvalue weighted by molar-refractivity contribution is -0.0436. The zero-order valence-corrected chi connectivity index (χ0v) is 40.6. The fraction of sp³-hybridized carbons (Fsp3) is 0.500. The highest BCUT2D eigenvalue weighted by Gasteiger charge is 2.55. The summed E-state index contributed by atoms with van der Waals surface area (Å²) in [5.74, 6) is 0.122. The standard InChI is InChI=1S/C50H61F3N6O5S3/c1-35(2)57-27-25-56(26-28-57)24-22-38(32-65-41-9-4-3-5-10-41)54-45-21-20-42(29-47(45)66(61,62)50(51,52)53)67(63,64)55-48(60)37-16-18-39(19-17-37)58-33-49(34-58)30-40(31-49)59-23-8-13-46(59)44-12-7-6-11-43(44)36-14-15-36/h3-7,9-12,16-21,29,35-36,38,40,46,54H,8,13-15,22-28,30-34H2,1-2H3,(H,55,60)/t38-,46+/m1/s1. The lowest BCUT2D eigenvalue weighted by Crippen LogP contribution is -2.66. The van der Waals surface area contributed by atoms with Crippen LogP contribution in [-0.2, 0) is 19.9 Å². The number of nitrogens with one attached hydrogen (secondary N) is 2. The van der Waals surface area contributed by atoms with Crippen molar-refractivity contribution in [2.24, 2.45) is 5.41 Å². The van der Waals surface area contributed by atoms with E-state index in [1.807, 2.05) is 35.1 Å². The van der Waals surface area contributed by atoms with E-state index in [1.54, 1.807) is 17.7 Å². The number of carbonyl (C=O) groups excluding carboxylic acids is 1. The summed E-state index contributed by atoms with van der Waals surface area (Å²) in [6.45, 7) is 11.3. The van der Waals surface area contributed by atoms with Crippen molar-refractivity contribution in [2.45, 2.75) is 109 Å². The molecule has 5 aliphatic rings. The molecule has 2 N–H and O–H groups in total. The lowest BCUT2D eigenvalue weighted by atomic mass is 9.60. The molecule has 5 fully saturated rings. The summed E-state index contributed by atoms with van der Waals surface area (Å²) in [5.41, 5.74) is -1.84. The number of piperazine rings is 1.